The van der Waals surface area contributed by atoms with Gasteiger partial charge in [0.15, 0.2) is 0 Å². The van der Waals surface area contributed by atoms with Crippen LogP contribution in [-0.4, -0.2) is 19.0 Å². The highest BCUT2D eigenvalue weighted by Crippen LogP contribution is 2.27. The van der Waals surface area contributed by atoms with Gasteiger partial charge in [-0.25, -0.2) is 4.79 Å². The van der Waals surface area contributed by atoms with Crippen molar-refractivity contribution in [2.75, 3.05) is 12.4 Å². The molecule has 0 heterocycles. The number of anilines is 1. The average Bonchev–Trinajstić information content (AvgIpc) is 2.67. The predicted molar refractivity (Wildman–Crippen MR) is 108 cm³/mol. The Bertz CT molecular complexity index is 983. The Morgan fingerprint density at radius 2 is 1.52 bits per heavy atom. The number of hydrogen-bond acceptors (Lipinski definition) is 3. The second-order valence-electron chi connectivity index (χ2n) is 5.73. The van der Waals surface area contributed by atoms with Crippen molar-refractivity contribution in [1.29, 1.82) is 0 Å². The molecule has 0 spiro atoms. The molecule has 0 aliphatic rings. The van der Waals surface area contributed by atoms with Crippen LogP contribution in [0.25, 0.3) is 11.1 Å². The highest BCUT2D eigenvalue weighted by Gasteiger charge is 2.17. The molecule has 136 valence electrons. The number of halogens is 2. The molecule has 0 radical (unpaired) electrons. The van der Waals surface area contributed by atoms with Crippen LogP contribution in [0, 0.1) is 0 Å². The normalized spacial score (nSPS) is 10.3. The fourth-order valence-corrected chi connectivity index (χ4v) is 3.15. The Morgan fingerprint density at radius 3 is 2.15 bits per heavy atom. The minimum absolute atomic E-state index is 0.249. The molecular formula is C21H15Cl2NO3. The lowest BCUT2D eigenvalue weighted by Gasteiger charge is -2.12. The van der Waals surface area contributed by atoms with Gasteiger partial charge in [-0.05, 0) is 41.5 Å². The molecule has 6 heteroatoms. The highest BCUT2D eigenvalue weighted by atomic mass is 35.5. The number of nitrogens with one attached hydrogen (secondary N) is 1. The van der Waals surface area contributed by atoms with Crippen molar-refractivity contribution in [1.82, 2.24) is 0 Å². The van der Waals surface area contributed by atoms with Gasteiger partial charge in [-0.15, -0.1) is 0 Å². The first kappa shape index (κ1) is 19.0. The summed E-state index contributed by atoms with van der Waals surface area (Å²) in [7, 11) is 1.29. The maximum atomic E-state index is 12.6. The summed E-state index contributed by atoms with van der Waals surface area (Å²) < 4.78 is 4.82. The Balaban J connectivity index is 2.00. The van der Waals surface area contributed by atoms with Crippen LogP contribution in [0.1, 0.15) is 20.7 Å². The van der Waals surface area contributed by atoms with E-state index in [9.17, 15) is 9.59 Å². The molecule has 1 amide bonds. The molecular weight excluding hydrogens is 385 g/mol. The average molecular weight is 400 g/mol. The van der Waals surface area contributed by atoms with E-state index in [1.54, 1.807) is 18.2 Å². The first-order valence-corrected chi connectivity index (χ1v) is 8.79. The molecule has 0 saturated heterocycles. The number of methoxy groups -OCH3 is 1. The number of amides is 1. The Labute approximate surface area is 166 Å². The van der Waals surface area contributed by atoms with Crippen molar-refractivity contribution in [3.8, 4) is 11.1 Å². The Hall–Kier alpha value is -2.82. The van der Waals surface area contributed by atoms with Gasteiger partial charge in [0.05, 0.1) is 18.4 Å². The minimum Gasteiger partial charge on any atom is -0.465 e. The van der Waals surface area contributed by atoms with E-state index in [2.05, 4.69) is 5.32 Å². The summed E-state index contributed by atoms with van der Waals surface area (Å²) in [5.41, 5.74) is 2.68. The van der Waals surface area contributed by atoms with E-state index < -0.39 is 11.9 Å². The van der Waals surface area contributed by atoms with Crippen LogP contribution in [0.2, 0.25) is 10.0 Å². The fraction of sp³-hybridized carbons (Fsp3) is 0.0476. The van der Waals surface area contributed by atoms with E-state index in [1.165, 1.54) is 25.3 Å². The summed E-state index contributed by atoms with van der Waals surface area (Å²) in [6.07, 6.45) is 0. The van der Waals surface area contributed by atoms with Crippen molar-refractivity contribution < 1.29 is 14.3 Å². The third kappa shape index (κ3) is 4.48. The molecule has 0 atom stereocenters. The van der Waals surface area contributed by atoms with E-state index in [-0.39, 0.29) is 11.1 Å². The zero-order valence-electron chi connectivity index (χ0n) is 14.3. The summed E-state index contributed by atoms with van der Waals surface area (Å²) in [5, 5.41) is 3.44. The SMILES string of the molecule is COC(=O)c1ccc(-c2ccccc2)cc1NC(=O)c1cc(Cl)cc(Cl)c1. The topological polar surface area (TPSA) is 55.4 Å². The zero-order valence-corrected chi connectivity index (χ0v) is 15.8. The number of carbonyl (C=O) groups excluding carboxylic acids is 2. The third-order valence-electron chi connectivity index (χ3n) is 3.90. The summed E-state index contributed by atoms with van der Waals surface area (Å²) >= 11 is 11.9. The van der Waals surface area contributed by atoms with Gasteiger partial charge in [0.1, 0.15) is 0 Å². The summed E-state index contributed by atoms with van der Waals surface area (Å²) in [4.78, 5) is 24.7. The molecule has 3 rings (SSSR count). The lowest BCUT2D eigenvalue weighted by molar-refractivity contribution is 0.0602. The van der Waals surface area contributed by atoms with Gasteiger partial charge >= 0.3 is 5.97 Å². The first-order valence-electron chi connectivity index (χ1n) is 8.03. The van der Waals surface area contributed by atoms with E-state index >= 15 is 0 Å². The highest BCUT2D eigenvalue weighted by molar-refractivity contribution is 6.35. The first-order chi connectivity index (χ1) is 13.0. The second-order valence-corrected chi connectivity index (χ2v) is 6.60. The lowest BCUT2D eigenvalue weighted by Crippen LogP contribution is -2.15. The molecule has 0 fully saturated rings. The quantitative estimate of drug-likeness (QED) is 0.572. The summed E-state index contributed by atoms with van der Waals surface area (Å²) in [6, 6.07) is 19.3. The van der Waals surface area contributed by atoms with Gasteiger partial charge in [0.25, 0.3) is 5.91 Å². The van der Waals surface area contributed by atoms with Crippen molar-refractivity contribution in [3.63, 3.8) is 0 Å². The van der Waals surface area contributed by atoms with Crippen molar-refractivity contribution in [2.45, 2.75) is 0 Å². The van der Waals surface area contributed by atoms with Crippen LogP contribution in [0.15, 0.2) is 66.7 Å². The van der Waals surface area contributed by atoms with Crippen molar-refractivity contribution in [3.05, 3.63) is 87.9 Å². The van der Waals surface area contributed by atoms with E-state index in [1.807, 2.05) is 30.3 Å². The molecule has 0 aromatic heterocycles. The van der Waals surface area contributed by atoms with Gasteiger partial charge in [-0.1, -0.05) is 59.6 Å². The predicted octanol–water partition coefficient (Wildman–Crippen LogP) is 5.70. The van der Waals surface area contributed by atoms with Gasteiger partial charge in [0.2, 0.25) is 0 Å². The molecule has 0 saturated carbocycles. The van der Waals surface area contributed by atoms with Crippen LogP contribution in [0.5, 0.6) is 0 Å². The monoisotopic (exact) mass is 399 g/mol. The molecule has 1 N–H and O–H groups in total. The van der Waals surface area contributed by atoms with Crippen LogP contribution in [0.4, 0.5) is 5.69 Å². The van der Waals surface area contributed by atoms with Gasteiger partial charge < -0.3 is 10.1 Å². The van der Waals surface area contributed by atoms with Crippen LogP contribution >= 0.6 is 23.2 Å². The number of ether oxygens (including phenoxy) is 1. The number of benzene rings is 3. The fourth-order valence-electron chi connectivity index (χ4n) is 2.63. The number of esters is 1. The van der Waals surface area contributed by atoms with Crippen LogP contribution < -0.4 is 5.32 Å². The Morgan fingerprint density at radius 1 is 0.852 bits per heavy atom. The van der Waals surface area contributed by atoms with Crippen LogP contribution in [-0.2, 0) is 4.74 Å². The molecule has 0 aliphatic heterocycles. The molecule has 0 bridgehead atoms. The molecule has 3 aromatic rings. The molecule has 27 heavy (non-hydrogen) atoms. The Kier molecular flexibility index (Phi) is 5.79. The maximum absolute atomic E-state index is 12.6. The van der Waals surface area contributed by atoms with Crippen molar-refractivity contribution >= 4 is 40.8 Å². The number of rotatable bonds is 4. The number of carbonyl (C=O) groups is 2. The summed E-state index contributed by atoms with van der Waals surface area (Å²) in [5.74, 6) is -0.983. The maximum Gasteiger partial charge on any atom is 0.339 e. The summed E-state index contributed by atoms with van der Waals surface area (Å²) in [6.45, 7) is 0. The third-order valence-corrected chi connectivity index (χ3v) is 4.34. The standard InChI is InChI=1S/C21H15Cl2NO3/c1-27-21(26)18-8-7-14(13-5-3-2-4-6-13)11-19(18)24-20(25)15-9-16(22)12-17(23)10-15/h2-12H,1H3,(H,24,25). The van der Waals surface area contributed by atoms with Gasteiger partial charge in [-0.2, -0.15) is 0 Å². The molecule has 0 unspecified atom stereocenters. The zero-order chi connectivity index (χ0) is 19.4. The number of hydrogen-bond donors (Lipinski definition) is 1. The van der Waals surface area contributed by atoms with Crippen molar-refractivity contribution in [2.24, 2.45) is 0 Å². The van der Waals surface area contributed by atoms with E-state index in [4.69, 9.17) is 27.9 Å². The molecule has 0 aliphatic carbocycles. The molecule has 4 nitrogen and oxygen atoms in total. The van der Waals surface area contributed by atoms with E-state index in [0.717, 1.165) is 11.1 Å². The largest absolute Gasteiger partial charge is 0.465 e. The van der Waals surface area contributed by atoms with Gasteiger partial charge in [0, 0.05) is 15.6 Å². The second kappa shape index (κ2) is 8.25. The lowest BCUT2D eigenvalue weighted by atomic mass is 10.0. The van der Waals surface area contributed by atoms with Crippen LogP contribution in [0.3, 0.4) is 0 Å². The van der Waals surface area contributed by atoms with E-state index in [0.29, 0.717) is 15.7 Å². The smallest absolute Gasteiger partial charge is 0.339 e. The molecule has 3 aromatic carbocycles. The minimum atomic E-state index is -0.547. The van der Waals surface area contributed by atoms with Gasteiger partial charge in [-0.3, -0.25) is 4.79 Å².